The minimum atomic E-state index is 0.735. The largest absolute Gasteiger partial charge is 0.313 e. The van der Waals surface area contributed by atoms with E-state index in [1.165, 1.54) is 37.4 Å². The van der Waals surface area contributed by atoms with Crippen LogP contribution in [0.25, 0.3) is 0 Å². The molecule has 2 nitrogen and oxygen atoms in total. The van der Waals surface area contributed by atoms with Gasteiger partial charge in [-0.15, -0.1) is 11.3 Å². The van der Waals surface area contributed by atoms with E-state index >= 15 is 0 Å². The third-order valence-electron chi connectivity index (χ3n) is 3.02. The molecule has 0 aliphatic carbocycles. The SMILES string of the molecule is CCNC1CCN(CCc2cccs2)C1. The molecule has 2 heterocycles. The Morgan fingerprint density at radius 3 is 3.27 bits per heavy atom. The molecule has 0 amide bonds. The van der Waals surface area contributed by atoms with E-state index in [4.69, 9.17) is 0 Å². The predicted octanol–water partition coefficient (Wildman–Crippen LogP) is 1.97. The van der Waals surface area contributed by atoms with Gasteiger partial charge in [0.15, 0.2) is 0 Å². The fourth-order valence-electron chi connectivity index (χ4n) is 2.21. The first-order chi connectivity index (χ1) is 7.38. The number of nitrogens with one attached hydrogen (secondary N) is 1. The molecule has 15 heavy (non-hydrogen) atoms. The molecule has 1 N–H and O–H groups in total. The zero-order valence-corrected chi connectivity index (χ0v) is 10.2. The average molecular weight is 224 g/mol. The van der Waals surface area contributed by atoms with Gasteiger partial charge in [0.1, 0.15) is 0 Å². The summed E-state index contributed by atoms with van der Waals surface area (Å²) in [7, 11) is 0. The van der Waals surface area contributed by atoms with Crippen LogP contribution < -0.4 is 5.32 Å². The van der Waals surface area contributed by atoms with Gasteiger partial charge in [-0.2, -0.15) is 0 Å². The van der Waals surface area contributed by atoms with Crippen LogP contribution in [0.2, 0.25) is 0 Å². The van der Waals surface area contributed by atoms with E-state index in [0.29, 0.717) is 0 Å². The Bertz CT molecular complexity index is 271. The lowest BCUT2D eigenvalue weighted by Gasteiger charge is -2.15. The Kier molecular flexibility index (Phi) is 4.18. The Balaban J connectivity index is 1.69. The summed E-state index contributed by atoms with van der Waals surface area (Å²) in [5.74, 6) is 0. The first-order valence-corrected chi connectivity index (χ1v) is 6.74. The van der Waals surface area contributed by atoms with Crippen molar-refractivity contribution in [3.63, 3.8) is 0 Å². The normalized spacial score (nSPS) is 22.3. The lowest BCUT2D eigenvalue weighted by Crippen LogP contribution is -2.32. The molecule has 3 heteroatoms. The number of likely N-dealkylation sites (N-methyl/N-ethyl adjacent to an activating group) is 1. The standard InChI is InChI=1S/C12H20N2S/c1-2-13-11-5-7-14(10-11)8-6-12-4-3-9-15-12/h3-4,9,11,13H,2,5-8,10H2,1H3. The summed E-state index contributed by atoms with van der Waals surface area (Å²) in [6.07, 6.45) is 2.54. The van der Waals surface area contributed by atoms with Crippen LogP contribution in [0.5, 0.6) is 0 Å². The minimum absolute atomic E-state index is 0.735. The highest BCUT2D eigenvalue weighted by atomic mass is 32.1. The smallest absolute Gasteiger partial charge is 0.0207 e. The molecule has 0 radical (unpaired) electrons. The topological polar surface area (TPSA) is 15.3 Å². The molecule has 1 saturated heterocycles. The van der Waals surface area contributed by atoms with E-state index in [2.05, 4.69) is 34.7 Å². The highest BCUT2D eigenvalue weighted by Crippen LogP contribution is 2.13. The van der Waals surface area contributed by atoms with Gasteiger partial charge in [-0.3, -0.25) is 0 Å². The third kappa shape index (κ3) is 3.30. The second-order valence-electron chi connectivity index (χ2n) is 4.17. The van der Waals surface area contributed by atoms with Crippen molar-refractivity contribution in [1.29, 1.82) is 0 Å². The van der Waals surface area contributed by atoms with Crippen LogP contribution in [0.4, 0.5) is 0 Å². The summed E-state index contributed by atoms with van der Waals surface area (Å²) >= 11 is 1.88. The Hall–Kier alpha value is -0.380. The lowest BCUT2D eigenvalue weighted by molar-refractivity contribution is 0.333. The van der Waals surface area contributed by atoms with Crippen molar-refractivity contribution in [2.75, 3.05) is 26.2 Å². The number of likely N-dealkylation sites (tertiary alicyclic amines) is 1. The van der Waals surface area contributed by atoms with Crippen molar-refractivity contribution in [1.82, 2.24) is 10.2 Å². The van der Waals surface area contributed by atoms with Gasteiger partial charge >= 0.3 is 0 Å². The van der Waals surface area contributed by atoms with Gasteiger partial charge in [0.2, 0.25) is 0 Å². The van der Waals surface area contributed by atoms with Gasteiger partial charge in [0.25, 0.3) is 0 Å². The van der Waals surface area contributed by atoms with Gasteiger partial charge in [0, 0.05) is 24.0 Å². The Morgan fingerprint density at radius 2 is 2.53 bits per heavy atom. The molecule has 0 spiro atoms. The monoisotopic (exact) mass is 224 g/mol. The molecule has 1 aliphatic heterocycles. The van der Waals surface area contributed by atoms with Crippen molar-refractivity contribution < 1.29 is 0 Å². The quantitative estimate of drug-likeness (QED) is 0.822. The number of hydrogen-bond donors (Lipinski definition) is 1. The molecular weight excluding hydrogens is 204 g/mol. The second-order valence-corrected chi connectivity index (χ2v) is 5.21. The van der Waals surface area contributed by atoms with E-state index in [1.807, 2.05) is 11.3 Å². The maximum absolute atomic E-state index is 3.53. The van der Waals surface area contributed by atoms with Crippen LogP contribution in [0.1, 0.15) is 18.2 Å². The van der Waals surface area contributed by atoms with Gasteiger partial charge < -0.3 is 10.2 Å². The summed E-state index contributed by atoms with van der Waals surface area (Å²) in [5, 5.41) is 5.70. The van der Waals surface area contributed by atoms with E-state index < -0.39 is 0 Å². The Labute approximate surface area is 96.3 Å². The molecule has 0 saturated carbocycles. The van der Waals surface area contributed by atoms with E-state index in [1.54, 1.807) is 0 Å². The van der Waals surface area contributed by atoms with Gasteiger partial charge in [0.05, 0.1) is 0 Å². The highest BCUT2D eigenvalue weighted by molar-refractivity contribution is 7.09. The number of rotatable bonds is 5. The molecule has 84 valence electrons. The molecule has 1 atom stereocenters. The third-order valence-corrected chi connectivity index (χ3v) is 3.96. The fraction of sp³-hybridized carbons (Fsp3) is 0.667. The molecule has 0 aromatic carbocycles. The average Bonchev–Trinajstić information content (AvgIpc) is 2.85. The van der Waals surface area contributed by atoms with Crippen LogP contribution >= 0.6 is 11.3 Å². The molecule has 1 aromatic rings. The van der Waals surface area contributed by atoms with Crippen LogP contribution in [-0.4, -0.2) is 37.1 Å². The van der Waals surface area contributed by atoms with Gasteiger partial charge in [-0.25, -0.2) is 0 Å². The molecule has 1 unspecified atom stereocenters. The van der Waals surface area contributed by atoms with Crippen molar-refractivity contribution >= 4 is 11.3 Å². The maximum Gasteiger partial charge on any atom is 0.0207 e. The first-order valence-electron chi connectivity index (χ1n) is 5.86. The second kappa shape index (κ2) is 5.64. The van der Waals surface area contributed by atoms with Crippen LogP contribution in [0.15, 0.2) is 17.5 Å². The molecule has 2 rings (SSSR count). The van der Waals surface area contributed by atoms with Gasteiger partial charge in [-0.05, 0) is 37.4 Å². The lowest BCUT2D eigenvalue weighted by atomic mass is 10.3. The van der Waals surface area contributed by atoms with Crippen LogP contribution in [0, 0.1) is 0 Å². The molecular formula is C12H20N2S. The van der Waals surface area contributed by atoms with Crippen LogP contribution in [-0.2, 0) is 6.42 Å². The zero-order chi connectivity index (χ0) is 10.5. The van der Waals surface area contributed by atoms with Crippen LogP contribution in [0.3, 0.4) is 0 Å². The maximum atomic E-state index is 3.53. The van der Waals surface area contributed by atoms with E-state index in [9.17, 15) is 0 Å². The van der Waals surface area contributed by atoms with Crippen molar-refractivity contribution in [2.45, 2.75) is 25.8 Å². The fourth-order valence-corrected chi connectivity index (χ4v) is 2.91. The highest BCUT2D eigenvalue weighted by Gasteiger charge is 2.20. The molecule has 0 bridgehead atoms. The number of nitrogens with zero attached hydrogens (tertiary/aromatic N) is 1. The van der Waals surface area contributed by atoms with Gasteiger partial charge in [-0.1, -0.05) is 13.0 Å². The van der Waals surface area contributed by atoms with E-state index in [-0.39, 0.29) is 0 Å². The number of thiophene rings is 1. The first kappa shape index (κ1) is 11.1. The summed E-state index contributed by atoms with van der Waals surface area (Å²) in [6.45, 7) is 7.02. The molecule has 1 fully saturated rings. The minimum Gasteiger partial charge on any atom is -0.313 e. The predicted molar refractivity (Wildman–Crippen MR) is 66.5 cm³/mol. The van der Waals surface area contributed by atoms with Crippen molar-refractivity contribution in [3.8, 4) is 0 Å². The molecule has 1 aliphatic rings. The summed E-state index contributed by atoms with van der Waals surface area (Å²) in [5.41, 5.74) is 0. The van der Waals surface area contributed by atoms with Crippen molar-refractivity contribution in [2.24, 2.45) is 0 Å². The number of hydrogen-bond acceptors (Lipinski definition) is 3. The summed E-state index contributed by atoms with van der Waals surface area (Å²) < 4.78 is 0. The van der Waals surface area contributed by atoms with Crippen molar-refractivity contribution in [3.05, 3.63) is 22.4 Å². The van der Waals surface area contributed by atoms with E-state index in [0.717, 1.165) is 12.6 Å². The molecule has 1 aromatic heterocycles. The summed E-state index contributed by atoms with van der Waals surface area (Å²) in [6, 6.07) is 5.12. The zero-order valence-electron chi connectivity index (χ0n) is 9.41. The Morgan fingerprint density at radius 1 is 1.60 bits per heavy atom. The summed E-state index contributed by atoms with van der Waals surface area (Å²) in [4.78, 5) is 4.09.